The van der Waals surface area contributed by atoms with Crippen LogP contribution in [0.3, 0.4) is 0 Å². The lowest BCUT2D eigenvalue weighted by Gasteiger charge is -2.05. The maximum Gasteiger partial charge on any atom is -0.0152 e. The highest BCUT2D eigenvalue weighted by atomic mass is 14.0. The van der Waals surface area contributed by atoms with Gasteiger partial charge in [-0.25, -0.2) is 0 Å². The van der Waals surface area contributed by atoms with E-state index >= 15 is 0 Å². The third-order valence-electron chi connectivity index (χ3n) is 3.84. The molecule has 0 heteroatoms. The molecule has 0 aliphatic heterocycles. The number of hydrogen-bond donors (Lipinski definition) is 0. The highest BCUT2D eigenvalue weighted by Crippen LogP contribution is 2.20. The van der Waals surface area contributed by atoms with E-state index in [1.54, 1.807) is 0 Å². The van der Waals surface area contributed by atoms with Crippen molar-refractivity contribution in [2.45, 2.75) is 51.9 Å². The Bertz CT molecular complexity index is 531. The summed E-state index contributed by atoms with van der Waals surface area (Å²) in [5.41, 5.74) is 1.50. The third-order valence-corrected chi connectivity index (χ3v) is 3.84. The second-order valence-corrected chi connectivity index (χ2v) is 5.50. The molecule has 0 bridgehead atoms. The van der Waals surface area contributed by atoms with Gasteiger partial charge < -0.3 is 0 Å². The fraction of sp³-hybridized carbons (Fsp3) is 0.400. The standard InChI is InChI=1S/C20H26/c1-2-3-4-5-6-7-8-9-13-18-15-12-16-19-14-10-11-17-20(18)19/h5-6,10-12,14-17H,2-4,7-9,13H2,1H3/b6-5+. The molecule has 0 nitrogen and oxygen atoms in total. The fourth-order valence-corrected chi connectivity index (χ4v) is 2.65. The van der Waals surface area contributed by atoms with Crippen molar-refractivity contribution in [1.29, 1.82) is 0 Å². The van der Waals surface area contributed by atoms with Gasteiger partial charge in [0.1, 0.15) is 0 Å². The van der Waals surface area contributed by atoms with E-state index in [0.29, 0.717) is 0 Å². The summed E-state index contributed by atoms with van der Waals surface area (Å²) in [6.07, 6.45) is 13.6. The summed E-state index contributed by atoms with van der Waals surface area (Å²) >= 11 is 0. The summed E-state index contributed by atoms with van der Waals surface area (Å²) in [5.74, 6) is 0. The van der Waals surface area contributed by atoms with Crippen molar-refractivity contribution in [2.24, 2.45) is 0 Å². The number of allylic oxidation sites excluding steroid dienone is 2. The molecule has 0 atom stereocenters. The van der Waals surface area contributed by atoms with Crippen molar-refractivity contribution < 1.29 is 0 Å². The Morgan fingerprint density at radius 3 is 2.40 bits per heavy atom. The first-order chi connectivity index (χ1) is 9.92. The van der Waals surface area contributed by atoms with Crippen molar-refractivity contribution >= 4 is 10.8 Å². The van der Waals surface area contributed by atoms with Crippen LogP contribution < -0.4 is 0 Å². The fourth-order valence-electron chi connectivity index (χ4n) is 2.65. The molecular weight excluding hydrogens is 240 g/mol. The minimum atomic E-state index is 1.20. The van der Waals surface area contributed by atoms with E-state index in [1.807, 2.05) is 0 Å². The summed E-state index contributed by atoms with van der Waals surface area (Å²) in [6, 6.07) is 15.4. The number of benzene rings is 2. The Balaban J connectivity index is 1.77. The Morgan fingerprint density at radius 2 is 1.55 bits per heavy atom. The number of fused-ring (bicyclic) bond motifs is 1. The van der Waals surface area contributed by atoms with Crippen LogP contribution in [0.2, 0.25) is 0 Å². The predicted octanol–water partition coefficient (Wildman–Crippen LogP) is 6.30. The van der Waals surface area contributed by atoms with Gasteiger partial charge in [-0.3, -0.25) is 0 Å². The number of rotatable bonds is 8. The maximum absolute atomic E-state index is 2.36. The Kier molecular flexibility index (Phi) is 6.37. The number of aryl methyl sites for hydroxylation is 1. The number of unbranched alkanes of at least 4 members (excludes halogenated alkanes) is 4. The molecule has 0 saturated carbocycles. The summed E-state index contributed by atoms with van der Waals surface area (Å²) in [4.78, 5) is 0. The summed E-state index contributed by atoms with van der Waals surface area (Å²) in [6.45, 7) is 2.25. The second-order valence-electron chi connectivity index (χ2n) is 5.50. The summed E-state index contributed by atoms with van der Waals surface area (Å²) in [7, 11) is 0. The van der Waals surface area contributed by atoms with Crippen molar-refractivity contribution in [3.05, 3.63) is 60.2 Å². The number of hydrogen-bond acceptors (Lipinski definition) is 0. The monoisotopic (exact) mass is 266 g/mol. The van der Waals surface area contributed by atoms with Gasteiger partial charge in [-0.2, -0.15) is 0 Å². The Hall–Kier alpha value is -1.56. The van der Waals surface area contributed by atoms with E-state index in [4.69, 9.17) is 0 Å². The van der Waals surface area contributed by atoms with E-state index < -0.39 is 0 Å². The van der Waals surface area contributed by atoms with E-state index in [1.165, 1.54) is 61.3 Å². The molecule has 0 unspecified atom stereocenters. The van der Waals surface area contributed by atoms with Crippen LogP contribution in [0.25, 0.3) is 10.8 Å². The highest BCUT2D eigenvalue weighted by molar-refractivity contribution is 5.85. The quantitative estimate of drug-likeness (QED) is 0.388. The van der Waals surface area contributed by atoms with E-state index in [2.05, 4.69) is 61.5 Å². The zero-order valence-electron chi connectivity index (χ0n) is 12.6. The Morgan fingerprint density at radius 1 is 0.800 bits per heavy atom. The molecule has 0 saturated heterocycles. The normalized spacial score (nSPS) is 11.4. The molecule has 2 rings (SSSR count). The molecule has 0 heterocycles. The lowest BCUT2D eigenvalue weighted by molar-refractivity contribution is 0.745. The molecule has 0 aliphatic carbocycles. The Labute approximate surface area is 123 Å². The topological polar surface area (TPSA) is 0 Å². The maximum atomic E-state index is 2.36. The average molecular weight is 266 g/mol. The summed E-state index contributed by atoms with van der Waals surface area (Å²) < 4.78 is 0. The van der Waals surface area contributed by atoms with Gasteiger partial charge in [0.15, 0.2) is 0 Å². The minimum absolute atomic E-state index is 1.20. The van der Waals surface area contributed by atoms with Gasteiger partial charge in [-0.15, -0.1) is 0 Å². The lowest BCUT2D eigenvalue weighted by atomic mass is 10.00. The molecule has 0 spiro atoms. The minimum Gasteiger partial charge on any atom is -0.0885 e. The van der Waals surface area contributed by atoms with Gasteiger partial charge in [-0.05, 0) is 48.4 Å². The third kappa shape index (κ3) is 4.52. The lowest BCUT2D eigenvalue weighted by Crippen LogP contribution is -1.87. The van der Waals surface area contributed by atoms with Crippen LogP contribution in [0.5, 0.6) is 0 Å². The first-order valence-corrected chi connectivity index (χ1v) is 8.03. The van der Waals surface area contributed by atoms with Crippen LogP contribution in [0.4, 0.5) is 0 Å². The first kappa shape index (κ1) is 14.8. The molecular formula is C20H26. The zero-order valence-corrected chi connectivity index (χ0v) is 12.6. The molecule has 2 aromatic carbocycles. The van der Waals surface area contributed by atoms with Crippen LogP contribution in [-0.4, -0.2) is 0 Å². The highest BCUT2D eigenvalue weighted by Gasteiger charge is 1.99. The summed E-state index contributed by atoms with van der Waals surface area (Å²) in [5, 5.41) is 2.79. The van der Waals surface area contributed by atoms with Gasteiger partial charge in [0.05, 0.1) is 0 Å². The van der Waals surface area contributed by atoms with Crippen molar-refractivity contribution in [3.63, 3.8) is 0 Å². The first-order valence-electron chi connectivity index (χ1n) is 8.03. The molecule has 0 fully saturated rings. The average Bonchev–Trinajstić information content (AvgIpc) is 2.50. The molecule has 0 radical (unpaired) electrons. The predicted molar refractivity (Wildman–Crippen MR) is 90.2 cm³/mol. The molecule has 0 amide bonds. The SMILES string of the molecule is CCCC/C=C/CCCCc1cccc2ccccc12. The molecule has 106 valence electrons. The van der Waals surface area contributed by atoms with Gasteiger partial charge in [-0.1, -0.05) is 74.4 Å². The van der Waals surface area contributed by atoms with Crippen LogP contribution in [0.15, 0.2) is 54.6 Å². The van der Waals surface area contributed by atoms with E-state index in [9.17, 15) is 0 Å². The van der Waals surface area contributed by atoms with Crippen LogP contribution in [-0.2, 0) is 6.42 Å². The van der Waals surface area contributed by atoms with Crippen LogP contribution in [0.1, 0.15) is 51.0 Å². The molecule has 0 aliphatic rings. The van der Waals surface area contributed by atoms with E-state index in [-0.39, 0.29) is 0 Å². The molecule has 0 aromatic heterocycles. The second kappa shape index (κ2) is 8.58. The molecule has 2 aromatic rings. The zero-order chi connectivity index (χ0) is 14.0. The van der Waals surface area contributed by atoms with Crippen LogP contribution in [0, 0.1) is 0 Å². The van der Waals surface area contributed by atoms with Gasteiger partial charge in [0, 0.05) is 0 Å². The van der Waals surface area contributed by atoms with Gasteiger partial charge in [0.25, 0.3) is 0 Å². The van der Waals surface area contributed by atoms with Crippen molar-refractivity contribution in [2.75, 3.05) is 0 Å². The molecule has 0 N–H and O–H groups in total. The van der Waals surface area contributed by atoms with Crippen LogP contribution >= 0.6 is 0 Å². The van der Waals surface area contributed by atoms with E-state index in [0.717, 1.165) is 0 Å². The van der Waals surface area contributed by atoms with Crippen molar-refractivity contribution in [3.8, 4) is 0 Å². The van der Waals surface area contributed by atoms with Gasteiger partial charge in [0.2, 0.25) is 0 Å². The van der Waals surface area contributed by atoms with Gasteiger partial charge >= 0.3 is 0 Å². The largest absolute Gasteiger partial charge is 0.0885 e. The van der Waals surface area contributed by atoms with Crippen molar-refractivity contribution in [1.82, 2.24) is 0 Å². The smallest absolute Gasteiger partial charge is 0.0152 e. The molecule has 20 heavy (non-hydrogen) atoms.